The van der Waals surface area contributed by atoms with E-state index >= 15 is 0 Å². The lowest BCUT2D eigenvalue weighted by Gasteiger charge is -2.29. The molecule has 0 N–H and O–H groups in total. The van der Waals surface area contributed by atoms with Gasteiger partial charge in [-0.2, -0.15) is 0 Å². The van der Waals surface area contributed by atoms with Gasteiger partial charge in [0.05, 0.1) is 19.8 Å². The van der Waals surface area contributed by atoms with Crippen LogP contribution in [-0.4, -0.2) is 63.0 Å². The van der Waals surface area contributed by atoms with Crippen LogP contribution in [0.4, 0.5) is 5.82 Å². The van der Waals surface area contributed by atoms with Crippen molar-refractivity contribution in [1.29, 1.82) is 0 Å². The quantitative estimate of drug-likeness (QED) is 0.755. The number of aromatic nitrogens is 1. The van der Waals surface area contributed by atoms with Crippen molar-refractivity contribution in [1.82, 2.24) is 9.88 Å². The molecule has 0 bridgehead atoms. The first kappa shape index (κ1) is 16.9. The van der Waals surface area contributed by atoms with Gasteiger partial charge in [-0.15, -0.1) is 0 Å². The molecule has 1 saturated heterocycles. The number of aliphatic imine (C=N–C) groups is 1. The molecule has 0 aliphatic carbocycles. The summed E-state index contributed by atoms with van der Waals surface area (Å²) < 4.78 is 5.42. The number of anilines is 1. The first-order chi connectivity index (χ1) is 10.5. The van der Waals surface area contributed by atoms with Crippen LogP contribution in [0.5, 0.6) is 0 Å². The van der Waals surface area contributed by atoms with Crippen LogP contribution in [0, 0.1) is 5.41 Å². The molecule has 1 aliphatic rings. The fourth-order valence-corrected chi connectivity index (χ4v) is 2.86. The molecule has 0 amide bonds. The Bertz CT molecular complexity index is 493. The highest BCUT2D eigenvalue weighted by molar-refractivity contribution is 5.65. The largest absolute Gasteiger partial charge is 0.378 e. The molecule has 0 spiro atoms. The summed E-state index contributed by atoms with van der Waals surface area (Å²) in [4.78, 5) is 13.7. The molecule has 2 rings (SSSR count). The summed E-state index contributed by atoms with van der Waals surface area (Å²) in [5.74, 6) is 1.05. The van der Waals surface area contributed by atoms with Crippen LogP contribution in [0.3, 0.4) is 0 Å². The van der Waals surface area contributed by atoms with Crippen LogP contribution in [0.1, 0.15) is 19.4 Å². The van der Waals surface area contributed by atoms with E-state index in [1.165, 1.54) is 5.56 Å². The minimum Gasteiger partial charge on any atom is -0.378 e. The third kappa shape index (κ3) is 5.07. The lowest BCUT2D eigenvalue weighted by Crippen LogP contribution is -2.37. The van der Waals surface area contributed by atoms with Gasteiger partial charge in [0.2, 0.25) is 0 Å². The fraction of sp³-hybridized carbons (Fsp3) is 0.647. The zero-order valence-electron chi connectivity index (χ0n) is 14.2. The van der Waals surface area contributed by atoms with E-state index in [4.69, 9.17) is 4.74 Å². The Morgan fingerprint density at radius 1 is 1.36 bits per heavy atom. The molecule has 0 unspecified atom stereocenters. The van der Waals surface area contributed by atoms with Gasteiger partial charge in [0, 0.05) is 43.0 Å². The molecule has 0 radical (unpaired) electrons. The first-order valence-corrected chi connectivity index (χ1v) is 7.90. The average Bonchev–Trinajstić information content (AvgIpc) is 2.47. The van der Waals surface area contributed by atoms with Crippen molar-refractivity contribution >= 4 is 12.0 Å². The Morgan fingerprint density at radius 2 is 2.09 bits per heavy atom. The molecular weight excluding hydrogens is 276 g/mol. The molecule has 5 heteroatoms. The monoisotopic (exact) mass is 304 g/mol. The van der Waals surface area contributed by atoms with Gasteiger partial charge in [-0.1, -0.05) is 19.9 Å². The van der Waals surface area contributed by atoms with Crippen LogP contribution in [0.25, 0.3) is 0 Å². The summed E-state index contributed by atoms with van der Waals surface area (Å²) in [6.07, 6.45) is 3.93. The van der Waals surface area contributed by atoms with E-state index < -0.39 is 0 Å². The first-order valence-electron chi connectivity index (χ1n) is 7.90. The van der Waals surface area contributed by atoms with Crippen molar-refractivity contribution in [3.8, 4) is 0 Å². The second-order valence-electron chi connectivity index (χ2n) is 6.78. The van der Waals surface area contributed by atoms with Crippen LogP contribution < -0.4 is 4.90 Å². The molecule has 1 aromatic rings. The minimum absolute atomic E-state index is 0.0742. The van der Waals surface area contributed by atoms with Crippen molar-refractivity contribution < 1.29 is 4.74 Å². The molecule has 122 valence electrons. The van der Waals surface area contributed by atoms with Crippen LogP contribution in [0.15, 0.2) is 23.3 Å². The normalized spacial score (nSPS) is 16.7. The third-order valence-corrected chi connectivity index (χ3v) is 3.60. The molecule has 0 aromatic carbocycles. The summed E-state index contributed by atoms with van der Waals surface area (Å²) in [7, 11) is 4.18. The van der Waals surface area contributed by atoms with Gasteiger partial charge >= 0.3 is 0 Å². The van der Waals surface area contributed by atoms with E-state index in [2.05, 4.69) is 60.0 Å². The lowest BCUT2D eigenvalue weighted by atomic mass is 9.95. The summed E-state index contributed by atoms with van der Waals surface area (Å²) >= 11 is 0. The van der Waals surface area contributed by atoms with Gasteiger partial charge in [-0.25, -0.2) is 4.98 Å². The Hall–Kier alpha value is -1.46. The van der Waals surface area contributed by atoms with Crippen molar-refractivity contribution in [3.05, 3.63) is 23.9 Å². The fourth-order valence-electron chi connectivity index (χ4n) is 2.86. The Morgan fingerprint density at radius 3 is 2.77 bits per heavy atom. The zero-order valence-corrected chi connectivity index (χ0v) is 14.2. The summed E-state index contributed by atoms with van der Waals surface area (Å²) in [5.41, 5.74) is 1.26. The number of morpholine rings is 1. The van der Waals surface area contributed by atoms with E-state index in [0.717, 1.165) is 38.7 Å². The van der Waals surface area contributed by atoms with Gasteiger partial charge in [0.25, 0.3) is 0 Å². The van der Waals surface area contributed by atoms with Gasteiger partial charge in [0.1, 0.15) is 5.82 Å². The van der Waals surface area contributed by atoms with Gasteiger partial charge in [0.15, 0.2) is 0 Å². The summed E-state index contributed by atoms with van der Waals surface area (Å²) in [5, 5.41) is 0. The Balaban J connectivity index is 2.03. The van der Waals surface area contributed by atoms with E-state index in [-0.39, 0.29) is 5.41 Å². The van der Waals surface area contributed by atoms with Gasteiger partial charge in [-0.3, -0.25) is 4.99 Å². The number of nitrogens with zero attached hydrogens (tertiary/aromatic N) is 4. The molecule has 0 saturated carbocycles. The van der Waals surface area contributed by atoms with Crippen LogP contribution in [0.2, 0.25) is 0 Å². The SMILES string of the molecule is CN(C)CC(C)(C)C=NCc1cccnc1N1CCOCC1. The number of hydrogen-bond donors (Lipinski definition) is 0. The lowest BCUT2D eigenvalue weighted by molar-refractivity contribution is 0.122. The molecule has 5 nitrogen and oxygen atoms in total. The molecule has 2 heterocycles. The van der Waals surface area contributed by atoms with E-state index in [1.54, 1.807) is 0 Å². The molecule has 1 aliphatic heterocycles. The maximum atomic E-state index is 5.42. The highest BCUT2D eigenvalue weighted by atomic mass is 16.5. The predicted octanol–water partition coefficient (Wildman–Crippen LogP) is 2.08. The molecule has 0 atom stereocenters. The maximum absolute atomic E-state index is 5.42. The molecular formula is C17H28N4O. The number of ether oxygens (including phenoxy) is 1. The predicted molar refractivity (Wildman–Crippen MR) is 91.8 cm³/mol. The van der Waals surface area contributed by atoms with Crippen LogP contribution >= 0.6 is 0 Å². The van der Waals surface area contributed by atoms with E-state index in [1.807, 2.05) is 12.3 Å². The third-order valence-electron chi connectivity index (χ3n) is 3.60. The van der Waals surface area contributed by atoms with Crippen molar-refractivity contribution in [2.24, 2.45) is 10.4 Å². The Kier molecular flexibility index (Phi) is 5.91. The standard InChI is InChI=1S/C17H28N4O/c1-17(2,14-20(3)4)13-18-12-15-6-5-7-19-16(15)21-8-10-22-11-9-21/h5-7,13H,8-12,14H2,1-4H3. The Labute approximate surface area is 134 Å². The number of rotatable bonds is 6. The number of hydrogen-bond acceptors (Lipinski definition) is 5. The topological polar surface area (TPSA) is 41.0 Å². The van der Waals surface area contributed by atoms with Crippen LogP contribution in [-0.2, 0) is 11.3 Å². The molecule has 1 aromatic heterocycles. The van der Waals surface area contributed by atoms with Crippen molar-refractivity contribution in [2.75, 3.05) is 51.8 Å². The van der Waals surface area contributed by atoms with Crippen molar-refractivity contribution in [3.63, 3.8) is 0 Å². The maximum Gasteiger partial charge on any atom is 0.133 e. The summed E-state index contributed by atoms with van der Waals surface area (Å²) in [6.45, 7) is 9.44. The van der Waals surface area contributed by atoms with E-state index in [0.29, 0.717) is 6.54 Å². The van der Waals surface area contributed by atoms with E-state index in [9.17, 15) is 0 Å². The second-order valence-corrected chi connectivity index (χ2v) is 6.78. The summed E-state index contributed by atoms with van der Waals surface area (Å²) in [6, 6.07) is 4.11. The number of pyridine rings is 1. The second kappa shape index (κ2) is 7.70. The smallest absolute Gasteiger partial charge is 0.133 e. The average molecular weight is 304 g/mol. The van der Waals surface area contributed by atoms with Crippen molar-refractivity contribution in [2.45, 2.75) is 20.4 Å². The highest BCUT2D eigenvalue weighted by Crippen LogP contribution is 2.20. The van der Waals surface area contributed by atoms with Gasteiger partial charge in [-0.05, 0) is 20.2 Å². The van der Waals surface area contributed by atoms with Gasteiger partial charge < -0.3 is 14.5 Å². The molecule has 1 fully saturated rings. The zero-order chi connectivity index (χ0) is 16.0. The minimum atomic E-state index is 0.0742. The highest BCUT2D eigenvalue weighted by Gasteiger charge is 2.17. The molecule has 22 heavy (non-hydrogen) atoms.